The fourth-order valence-electron chi connectivity index (χ4n) is 1.99. The molecule has 1 heterocycles. The highest BCUT2D eigenvalue weighted by atomic mass is 16.5. The number of ether oxygens (including phenoxy) is 1. The molecule has 2 amide bonds. The molecule has 1 unspecified atom stereocenters. The lowest BCUT2D eigenvalue weighted by Gasteiger charge is -2.34. The van der Waals surface area contributed by atoms with E-state index in [1.54, 1.807) is 6.92 Å². The molecule has 1 saturated heterocycles. The SMILES string of the molecule is CCOC(=O)C1CCCCN1C(=O)N[C@@H](C)C(=O)O. The summed E-state index contributed by atoms with van der Waals surface area (Å²) in [7, 11) is 0. The van der Waals surface area contributed by atoms with Gasteiger partial charge in [-0.25, -0.2) is 9.59 Å². The third kappa shape index (κ3) is 4.11. The van der Waals surface area contributed by atoms with Gasteiger partial charge in [0, 0.05) is 6.54 Å². The quantitative estimate of drug-likeness (QED) is 0.730. The molecule has 19 heavy (non-hydrogen) atoms. The van der Waals surface area contributed by atoms with Gasteiger partial charge < -0.3 is 20.1 Å². The fraction of sp³-hybridized carbons (Fsp3) is 0.750. The summed E-state index contributed by atoms with van der Waals surface area (Å²) in [6, 6.07) is -2.14. The lowest BCUT2D eigenvalue weighted by atomic mass is 10.0. The van der Waals surface area contributed by atoms with Gasteiger partial charge in [0.25, 0.3) is 0 Å². The number of nitrogens with one attached hydrogen (secondary N) is 1. The number of urea groups is 1. The Bertz CT molecular complexity index is 358. The van der Waals surface area contributed by atoms with Crippen molar-refractivity contribution < 1.29 is 24.2 Å². The number of hydrogen-bond donors (Lipinski definition) is 2. The van der Waals surface area contributed by atoms with Crippen LogP contribution in [0.4, 0.5) is 4.79 Å². The predicted octanol–water partition coefficient (Wildman–Crippen LogP) is 0.587. The van der Waals surface area contributed by atoms with Crippen LogP contribution in [0.1, 0.15) is 33.1 Å². The van der Waals surface area contributed by atoms with Crippen LogP contribution in [0.15, 0.2) is 0 Å². The van der Waals surface area contributed by atoms with E-state index < -0.39 is 30.1 Å². The Morgan fingerprint density at radius 1 is 1.42 bits per heavy atom. The van der Waals surface area contributed by atoms with E-state index in [0.717, 1.165) is 12.8 Å². The van der Waals surface area contributed by atoms with Crippen LogP contribution in [0, 0.1) is 0 Å². The number of likely N-dealkylation sites (tertiary alicyclic amines) is 1. The van der Waals surface area contributed by atoms with Gasteiger partial charge in [-0.2, -0.15) is 0 Å². The van der Waals surface area contributed by atoms with Crippen LogP contribution in [0.2, 0.25) is 0 Å². The first-order valence-corrected chi connectivity index (χ1v) is 6.44. The second-order valence-corrected chi connectivity index (χ2v) is 4.47. The summed E-state index contributed by atoms with van der Waals surface area (Å²) in [6.07, 6.45) is 2.19. The Morgan fingerprint density at radius 3 is 2.68 bits per heavy atom. The van der Waals surface area contributed by atoms with Gasteiger partial charge in [-0.3, -0.25) is 4.79 Å². The molecule has 1 rings (SSSR count). The van der Waals surface area contributed by atoms with Crippen molar-refractivity contribution in [2.75, 3.05) is 13.2 Å². The van der Waals surface area contributed by atoms with Gasteiger partial charge in [0.05, 0.1) is 6.61 Å². The third-order valence-corrected chi connectivity index (χ3v) is 3.03. The number of carboxylic acid groups (broad SMARTS) is 1. The summed E-state index contributed by atoms with van der Waals surface area (Å²) in [5.41, 5.74) is 0. The minimum atomic E-state index is -1.11. The minimum absolute atomic E-state index is 0.260. The summed E-state index contributed by atoms with van der Waals surface area (Å²) in [4.78, 5) is 35.8. The monoisotopic (exact) mass is 272 g/mol. The number of amides is 2. The summed E-state index contributed by atoms with van der Waals surface area (Å²) in [5, 5.41) is 11.1. The van der Waals surface area contributed by atoms with Crippen molar-refractivity contribution in [2.45, 2.75) is 45.2 Å². The Hall–Kier alpha value is -1.79. The van der Waals surface area contributed by atoms with E-state index in [2.05, 4.69) is 5.32 Å². The van der Waals surface area contributed by atoms with E-state index in [4.69, 9.17) is 9.84 Å². The van der Waals surface area contributed by atoms with Crippen LogP contribution in [0.5, 0.6) is 0 Å². The van der Waals surface area contributed by atoms with E-state index in [1.165, 1.54) is 11.8 Å². The summed E-state index contributed by atoms with van der Waals surface area (Å²) >= 11 is 0. The zero-order valence-electron chi connectivity index (χ0n) is 11.2. The Labute approximate surface area is 111 Å². The van der Waals surface area contributed by atoms with E-state index in [1.807, 2.05) is 0 Å². The Balaban J connectivity index is 2.68. The summed E-state index contributed by atoms with van der Waals surface area (Å²) in [6.45, 7) is 3.78. The standard InChI is InChI=1S/C12H20N2O5/c1-3-19-11(17)9-6-4-5-7-14(9)12(18)13-8(2)10(15)16/h8-9H,3-7H2,1-2H3,(H,13,18)(H,15,16)/t8-,9?/m0/s1. The van der Waals surface area contributed by atoms with Crippen molar-refractivity contribution in [3.8, 4) is 0 Å². The summed E-state index contributed by atoms with van der Waals surface area (Å²) < 4.78 is 4.94. The van der Waals surface area contributed by atoms with Crippen molar-refractivity contribution in [2.24, 2.45) is 0 Å². The van der Waals surface area contributed by atoms with E-state index in [0.29, 0.717) is 13.0 Å². The molecule has 0 bridgehead atoms. The van der Waals surface area contributed by atoms with E-state index >= 15 is 0 Å². The molecule has 2 N–H and O–H groups in total. The molecule has 0 radical (unpaired) electrons. The highest BCUT2D eigenvalue weighted by Crippen LogP contribution is 2.18. The Morgan fingerprint density at radius 2 is 2.11 bits per heavy atom. The lowest BCUT2D eigenvalue weighted by molar-refractivity contribution is -0.149. The number of esters is 1. The van der Waals surface area contributed by atoms with Gasteiger partial charge >= 0.3 is 18.0 Å². The van der Waals surface area contributed by atoms with Crippen molar-refractivity contribution in [3.63, 3.8) is 0 Å². The van der Waals surface area contributed by atoms with Gasteiger partial charge in [0.15, 0.2) is 0 Å². The molecule has 108 valence electrons. The lowest BCUT2D eigenvalue weighted by Crippen LogP contribution is -2.54. The van der Waals surface area contributed by atoms with Gasteiger partial charge in [-0.05, 0) is 33.1 Å². The number of rotatable bonds is 4. The number of piperidine rings is 1. The number of aliphatic carboxylic acids is 1. The van der Waals surface area contributed by atoms with Gasteiger partial charge in [0.1, 0.15) is 12.1 Å². The highest BCUT2D eigenvalue weighted by Gasteiger charge is 2.34. The normalized spacial score (nSPS) is 20.5. The minimum Gasteiger partial charge on any atom is -0.480 e. The Kier molecular flexibility index (Phi) is 5.59. The topological polar surface area (TPSA) is 95.9 Å². The molecule has 1 aliphatic rings. The number of carbonyl (C=O) groups is 3. The van der Waals surface area contributed by atoms with Crippen LogP contribution in [0.3, 0.4) is 0 Å². The van der Waals surface area contributed by atoms with Crippen molar-refractivity contribution in [1.29, 1.82) is 0 Å². The molecule has 1 fully saturated rings. The maximum atomic E-state index is 12.0. The molecule has 0 aromatic rings. The predicted molar refractivity (Wildman–Crippen MR) is 66.6 cm³/mol. The second-order valence-electron chi connectivity index (χ2n) is 4.47. The van der Waals surface area contributed by atoms with Crippen molar-refractivity contribution in [1.82, 2.24) is 10.2 Å². The van der Waals surface area contributed by atoms with E-state index in [-0.39, 0.29) is 6.61 Å². The van der Waals surface area contributed by atoms with Crippen LogP contribution < -0.4 is 5.32 Å². The van der Waals surface area contributed by atoms with Crippen LogP contribution in [0.25, 0.3) is 0 Å². The van der Waals surface area contributed by atoms with Gasteiger partial charge in [-0.15, -0.1) is 0 Å². The molecule has 0 saturated carbocycles. The number of carbonyl (C=O) groups excluding carboxylic acids is 2. The fourth-order valence-corrected chi connectivity index (χ4v) is 1.99. The van der Waals surface area contributed by atoms with Gasteiger partial charge in [-0.1, -0.05) is 0 Å². The average molecular weight is 272 g/mol. The molecule has 7 nitrogen and oxygen atoms in total. The molecule has 1 aliphatic heterocycles. The molecule has 0 aromatic carbocycles. The smallest absolute Gasteiger partial charge is 0.328 e. The average Bonchev–Trinajstić information content (AvgIpc) is 2.38. The zero-order chi connectivity index (χ0) is 14.4. The molecule has 0 spiro atoms. The largest absolute Gasteiger partial charge is 0.480 e. The maximum Gasteiger partial charge on any atom is 0.328 e. The summed E-state index contributed by atoms with van der Waals surface area (Å²) in [5.74, 6) is -1.54. The van der Waals surface area contributed by atoms with Crippen LogP contribution >= 0.6 is 0 Å². The molecule has 0 aliphatic carbocycles. The molecular formula is C12H20N2O5. The van der Waals surface area contributed by atoms with Gasteiger partial charge in [0.2, 0.25) is 0 Å². The van der Waals surface area contributed by atoms with Crippen molar-refractivity contribution in [3.05, 3.63) is 0 Å². The van der Waals surface area contributed by atoms with Crippen LogP contribution in [-0.4, -0.2) is 53.2 Å². The number of carboxylic acids is 1. The molecule has 2 atom stereocenters. The van der Waals surface area contributed by atoms with Crippen LogP contribution in [-0.2, 0) is 14.3 Å². The first-order chi connectivity index (χ1) is 8.97. The third-order valence-electron chi connectivity index (χ3n) is 3.03. The first-order valence-electron chi connectivity index (χ1n) is 6.44. The molecule has 7 heteroatoms. The maximum absolute atomic E-state index is 12.0. The molecule has 0 aromatic heterocycles. The first kappa shape index (κ1) is 15.3. The van der Waals surface area contributed by atoms with E-state index in [9.17, 15) is 14.4 Å². The highest BCUT2D eigenvalue weighted by molar-refractivity contribution is 5.86. The molecular weight excluding hydrogens is 252 g/mol. The number of nitrogens with zero attached hydrogens (tertiary/aromatic N) is 1. The second kappa shape index (κ2) is 6.96. The van der Waals surface area contributed by atoms with Crippen molar-refractivity contribution >= 4 is 18.0 Å². The zero-order valence-corrected chi connectivity index (χ0v) is 11.2. The number of hydrogen-bond acceptors (Lipinski definition) is 4.